The van der Waals surface area contributed by atoms with Crippen molar-refractivity contribution in [3.8, 4) is 0 Å². The van der Waals surface area contributed by atoms with Gasteiger partial charge in [0.15, 0.2) is 0 Å². The third-order valence-electron chi connectivity index (χ3n) is 2.53. The average molecular weight is 263 g/mol. The van der Waals surface area contributed by atoms with Crippen LogP contribution in [0.4, 0.5) is 0 Å². The molecule has 0 saturated heterocycles. The van der Waals surface area contributed by atoms with Gasteiger partial charge >= 0.3 is 0 Å². The number of hydrogen-bond acceptors (Lipinski definition) is 1. The quantitative estimate of drug-likeness (QED) is 0.683. The van der Waals surface area contributed by atoms with Crippen molar-refractivity contribution < 1.29 is 4.79 Å². The van der Waals surface area contributed by atoms with Gasteiger partial charge in [0.2, 0.25) is 0 Å². The number of allylic oxidation sites excluding steroid dienone is 3. The zero-order valence-corrected chi connectivity index (χ0v) is 13.2. The monoisotopic (exact) mass is 263 g/mol. The van der Waals surface area contributed by atoms with Crippen molar-refractivity contribution >= 4 is 5.91 Å². The molecule has 1 rings (SSSR count). The number of hydrogen-bond donors (Lipinski definition) is 0. The first-order valence-corrected chi connectivity index (χ1v) is 7.18. The van der Waals surface area contributed by atoms with Crippen molar-refractivity contribution in [1.82, 2.24) is 4.90 Å². The van der Waals surface area contributed by atoms with Gasteiger partial charge in [-0.2, -0.15) is 0 Å². The molecule has 2 heteroatoms. The molecule has 1 heterocycles. The average Bonchev–Trinajstić information content (AvgIpc) is 2.49. The zero-order chi connectivity index (χ0) is 15.3. The smallest absolute Gasteiger partial charge is 0.254 e. The Kier molecular flexibility index (Phi) is 13.4. The normalized spacial score (nSPS) is 14.4. The molecule has 108 valence electrons. The van der Waals surface area contributed by atoms with Crippen LogP contribution in [0.2, 0.25) is 0 Å². The first-order valence-electron chi connectivity index (χ1n) is 7.18. The maximum atomic E-state index is 11.9. The zero-order valence-electron chi connectivity index (χ0n) is 13.2. The van der Waals surface area contributed by atoms with Crippen molar-refractivity contribution in [1.29, 1.82) is 0 Å². The minimum absolute atomic E-state index is 0.0856. The highest BCUT2D eigenvalue weighted by Gasteiger charge is 2.22. The Morgan fingerprint density at radius 1 is 1.21 bits per heavy atom. The Morgan fingerprint density at radius 3 is 2.21 bits per heavy atom. The van der Waals surface area contributed by atoms with Gasteiger partial charge in [0.1, 0.15) is 0 Å². The third-order valence-corrected chi connectivity index (χ3v) is 2.53. The van der Waals surface area contributed by atoms with E-state index in [0.717, 1.165) is 30.7 Å². The number of amides is 1. The fourth-order valence-corrected chi connectivity index (χ4v) is 1.68. The number of rotatable bonds is 4. The Balaban J connectivity index is 0. The number of carbonyl (C=O) groups is 1. The summed E-state index contributed by atoms with van der Waals surface area (Å²) in [6.07, 6.45) is 8.05. The van der Waals surface area contributed by atoms with E-state index in [2.05, 4.69) is 13.2 Å². The maximum absolute atomic E-state index is 11.9. The fraction of sp³-hybridized carbons (Fsp3) is 0.471. The molecule has 19 heavy (non-hydrogen) atoms. The van der Waals surface area contributed by atoms with Gasteiger partial charge in [-0.25, -0.2) is 0 Å². The molecular formula is C17H29NO. The fourth-order valence-electron chi connectivity index (χ4n) is 1.68. The summed E-state index contributed by atoms with van der Waals surface area (Å²) in [5, 5.41) is 0. The summed E-state index contributed by atoms with van der Waals surface area (Å²) >= 11 is 0. The van der Waals surface area contributed by atoms with Gasteiger partial charge in [-0.05, 0) is 18.9 Å². The Labute approximate surface area is 119 Å². The van der Waals surface area contributed by atoms with Crippen molar-refractivity contribution in [2.45, 2.75) is 41.0 Å². The first kappa shape index (κ1) is 19.8. The molecule has 0 aromatic heterocycles. The molecule has 0 aliphatic carbocycles. The standard InChI is InChI=1S/C13H17NO.2C2H6/c1-4-7-8-11-9-10-14(6-3)13(15)12(11)5-2;2*1-2/h4-5,7-8H,1-2,6,9-10H2,3H3;2*1-2H3/b8-7-;;. The maximum Gasteiger partial charge on any atom is 0.254 e. The summed E-state index contributed by atoms with van der Waals surface area (Å²) in [4.78, 5) is 13.7. The van der Waals surface area contributed by atoms with Crippen LogP contribution in [0, 0.1) is 0 Å². The van der Waals surface area contributed by atoms with Gasteiger partial charge < -0.3 is 4.90 Å². The van der Waals surface area contributed by atoms with Crippen LogP contribution >= 0.6 is 0 Å². The van der Waals surface area contributed by atoms with Crippen LogP contribution in [0.3, 0.4) is 0 Å². The molecular weight excluding hydrogens is 234 g/mol. The Hall–Kier alpha value is -1.57. The SMILES string of the molecule is C=C/C=C\C1=C(C=C)C(=O)N(CC)CC1.CC.CC. The second-order valence-electron chi connectivity index (χ2n) is 3.37. The second-order valence-corrected chi connectivity index (χ2v) is 3.37. The van der Waals surface area contributed by atoms with Crippen LogP contribution in [0.25, 0.3) is 0 Å². The number of nitrogens with zero attached hydrogens (tertiary/aromatic N) is 1. The summed E-state index contributed by atoms with van der Waals surface area (Å²) < 4.78 is 0. The van der Waals surface area contributed by atoms with Crippen LogP contribution in [0.5, 0.6) is 0 Å². The highest BCUT2D eigenvalue weighted by atomic mass is 16.2. The van der Waals surface area contributed by atoms with E-state index in [4.69, 9.17) is 0 Å². The predicted octanol–water partition coefficient (Wildman–Crippen LogP) is 4.52. The summed E-state index contributed by atoms with van der Waals surface area (Å²) in [6, 6.07) is 0. The van der Waals surface area contributed by atoms with E-state index in [1.165, 1.54) is 0 Å². The van der Waals surface area contributed by atoms with E-state index in [0.29, 0.717) is 0 Å². The molecule has 0 atom stereocenters. The molecule has 0 aromatic carbocycles. The lowest BCUT2D eigenvalue weighted by Gasteiger charge is -2.27. The minimum atomic E-state index is 0.0856. The predicted molar refractivity (Wildman–Crippen MR) is 86.1 cm³/mol. The van der Waals surface area contributed by atoms with Gasteiger partial charge in [-0.15, -0.1) is 0 Å². The lowest BCUT2D eigenvalue weighted by atomic mass is 9.98. The van der Waals surface area contributed by atoms with E-state index in [-0.39, 0.29) is 5.91 Å². The van der Waals surface area contributed by atoms with E-state index in [9.17, 15) is 4.79 Å². The van der Waals surface area contributed by atoms with E-state index in [1.807, 2.05) is 51.7 Å². The molecule has 1 aliphatic heterocycles. The van der Waals surface area contributed by atoms with Gasteiger partial charge in [-0.1, -0.05) is 65.2 Å². The topological polar surface area (TPSA) is 20.3 Å². The molecule has 1 aliphatic rings. The van der Waals surface area contributed by atoms with Crippen LogP contribution < -0.4 is 0 Å². The minimum Gasteiger partial charge on any atom is -0.339 e. The molecule has 0 unspecified atom stereocenters. The highest BCUT2D eigenvalue weighted by molar-refractivity contribution is 5.98. The van der Waals surface area contributed by atoms with Gasteiger partial charge in [0.25, 0.3) is 5.91 Å². The van der Waals surface area contributed by atoms with Crippen LogP contribution in [-0.4, -0.2) is 23.9 Å². The summed E-state index contributed by atoms with van der Waals surface area (Å²) in [5.41, 5.74) is 1.78. The second kappa shape index (κ2) is 12.9. The van der Waals surface area contributed by atoms with Crippen LogP contribution in [-0.2, 0) is 4.79 Å². The van der Waals surface area contributed by atoms with Crippen molar-refractivity contribution in [2.24, 2.45) is 0 Å². The van der Waals surface area contributed by atoms with Crippen LogP contribution in [0.15, 0.2) is 48.6 Å². The van der Waals surface area contributed by atoms with Crippen molar-refractivity contribution in [2.75, 3.05) is 13.1 Å². The highest BCUT2D eigenvalue weighted by Crippen LogP contribution is 2.20. The lowest BCUT2D eigenvalue weighted by Crippen LogP contribution is -2.36. The van der Waals surface area contributed by atoms with Crippen molar-refractivity contribution in [3.63, 3.8) is 0 Å². The molecule has 0 spiro atoms. The Bertz CT molecular complexity index is 337. The Morgan fingerprint density at radius 2 is 1.79 bits per heavy atom. The molecule has 0 saturated carbocycles. The molecule has 0 N–H and O–H groups in total. The summed E-state index contributed by atoms with van der Waals surface area (Å²) in [5.74, 6) is 0.0856. The summed E-state index contributed by atoms with van der Waals surface area (Å²) in [7, 11) is 0. The molecule has 2 nitrogen and oxygen atoms in total. The molecule has 0 radical (unpaired) electrons. The molecule has 0 aromatic rings. The first-order chi connectivity index (χ1) is 9.24. The van der Waals surface area contributed by atoms with E-state index >= 15 is 0 Å². The van der Waals surface area contributed by atoms with Crippen LogP contribution in [0.1, 0.15) is 41.0 Å². The van der Waals surface area contributed by atoms with Gasteiger partial charge in [-0.3, -0.25) is 4.79 Å². The molecule has 1 amide bonds. The van der Waals surface area contributed by atoms with E-state index < -0.39 is 0 Å². The van der Waals surface area contributed by atoms with Crippen molar-refractivity contribution in [3.05, 3.63) is 48.6 Å². The number of carbonyl (C=O) groups excluding carboxylic acids is 1. The summed E-state index contributed by atoms with van der Waals surface area (Å²) in [6.45, 7) is 18.9. The number of likely N-dealkylation sites (N-methyl/N-ethyl adjacent to an activating group) is 1. The van der Waals surface area contributed by atoms with Gasteiger partial charge in [0, 0.05) is 18.7 Å². The third kappa shape index (κ3) is 6.23. The largest absolute Gasteiger partial charge is 0.339 e. The molecule has 0 bridgehead atoms. The van der Waals surface area contributed by atoms with E-state index in [1.54, 1.807) is 12.2 Å². The lowest BCUT2D eigenvalue weighted by molar-refractivity contribution is -0.127. The van der Waals surface area contributed by atoms with Gasteiger partial charge in [0.05, 0.1) is 0 Å². The molecule has 0 fully saturated rings.